The van der Waals surface area contributed by atoms with Crippen molar-refractivity contribution in [2.24, 2.45) is 0 Å². The Morgan fingerprint density at radius 2 is 1.84 bits per heavy atom. The third-order valence-corrected chi connectivity index (χ3v) is 2.85. The first kappa shape index (κ1) is 11.3. The molecular weight excluding hydrogens is 238 g/mol. The Morgan fingerprint density at radius 1 is 1.00 bits per heavy atom. The van der Waals surface area contributed by atoms with Gasteiger partial charge in [-0.25, -0.2) is 9.97 Å². The van der Waals surface area contributed by atoms with E-state index in [0.29, 0.717) is 22.5 Å². The van der Waals surface area contributed by atoms with Crippen molar-refractivity contribution in [2.45, 2.75) is 0 Å². The number of benzene rings is 2. The Bertz CT molecular complexity index is 815. The summed E-state index contributed by atoms with van der Waals surface area (Å²) in [6, 6.07) is 14.5. The highest BCUT2D eigenvalue weighted by molar-refractivity contribution is 5.77. The van der Waals surface area contributed by atoms with E-state index in [9.17, 15) is 4.79 Å². The fourth-order valence-corrected chi connectivity index (χ4v) is 1.93. The minimum atomic E-state index is -0.355. The minimum absolute atomic E-state index is 0.309. The maximum Gasteiger partial charge on any atom is 0.296 e. The first-order valence-corrected chi connectivity index (χ1v) is 5.86. The zero-order valence-electron chi connectivity index (χ0n) is 10.1. The molecule has 0 saturated heterocycles. The molecule has 4 nitrogen and oxygen atoms in total. The Kier molecular flexibility index (Phi) is 2.68. The second kappa shape index (κ2) is 4.49. The van der Waals surface area contributed by atoms with Gasteiger partial charge in [0.25, 0.3) is 5.56 Å². The lowest BCUT2D eigenvalue weighted by Crippen LogP contribution is -2.06. The molecule has 0 aliphatic carbocycles. The highest BCUT2D eigenvalue weighted by Gasteiger charge is 2.05. The van der Waals surface area contributed by atoms with E-state index in [0.717, 1.165) is 5.39 Å². The van der Waals surface area contributed by atoms with Crippen LogP contribution in [0, 0.1) is 0 Å². The predicted octanol–water partition coefficient (Wildman–Crippen LogP) is 2.24. The molecule has 2 N–H and O–H groups in total. The molecule has 4 heteroatoms. The van der Waals surface area contributed by atoms with Crippen LogP contribution < -0.4 is 11.3 Å². The van der Waals surface area contributed by atoms with Gasteiger partial charge in [0.1, 0.15) is 5.69 Å². The van der Waals surface area contributed by atoms with Crippen LogP contribution in [0.2, 0.25) is 0 Å². The van der Waals surface area contributed by atoms with Gasteiger partial charge in [-0.05, 0) is 18.2 Å². The van der Waals surface area contributed by atoms with E-state index in [1.165, 1.54) is 0 Å². The number of nitrogen functional groups attached to an aromatic ring is 1. The van der Waals surface area contributed by atoms with Crippen molar-refractivity contribution in [3.63, 3.8) is 0 Å². The zero-order chi connectivity index (χ0) is 13.2. The van der Waals surface area contributed by atoms with Crippen LogP contribution in [0.1, 0.15) is 0 Å². The summed E-state index contributed by atoms with van der Waals surface area (Å²) in [6.07, 6.45) is 1.66. The zero-order valence-corrected chi connectivity index (χ0v) is 10.1. The summed E-state index contributed by atoms with van der Waals surface area (Å²) in [5, 5.41) is 0.828. The lowest BCUT2D eigenvalue weighted by Gasteiger charge is -1.97. The van der Waals surface area contributed by atoms with Gasteiger partial charge in [0.15, 0.2) is 0 Å². The van der Waals surface area contributed by atoms with Gasteiger partial charge < -0.3 is 5.73 Å². The fourth-order valence-electron chi connectivity index (χ4n) is 1.93. The number of hydrogen-bond acceptors (Lipinski definition) is 4. The van der Waals surface area contributed by atoms with E-state index in [4.69, 9.17) is 5.73 Å². The van der Waals surface area contributed by atoms with Gasteiger partial charge in [-0.15, -0.1) is 0 Å². The lowest BCUT2D eigenvalue weighted by molar-refractivity contribution is 1.26. The summed E-state index contributed by atoms with van der Waals surface area (Å²) in [5.74, 6) is 0. The summed E-state index contributed by atoms with van der Waals surface area (Å²) in [5.41, 5.74) is 7.59. The van der Waals surface area contributed by atoms with Crippen LogP contribution in [0.15, 0.2) is 59.5 Å². The molecule has 0 radical (unpaired) electrons. The molecule has 0 bridgehead atoms. The van der Waals surface area contributed by atoms with Crippen molar-refractivity contribution in [3.05, 3.63) is 65.1 Å². The number of rotatable bonds is 1. The van der Waals surface area contributed by atoms with Gasteiger partial charge >= 0.3 is 0 Å². The van der Waals surface area contributed by atoms with Gasteiger partial charge in [-0.1, -0.05) is 30.3 Å². The van der Waals surface area contributed by atoms with Crippen molar-refractivity contribution in [1.82, 2.24) is 9.97 Å². The summed E-state index contributed by atoms with van der Waals surface area (Å²) in [4.78, 5) is 20.5. The molecule has 92 valence electrons. The second-order valence-corrected chi connectivity index (χ2v) is 4.21. The quantitative estimate of drug-likeness (QED) is 0.671. The summed E-state index contributed by atoms with van der Waals surface area (Å²) in [7, 11) is 0. The Morgan fingerprint density at radius 3 is 2.68 bits per heavy atom. The Balaban J connectivity index is 2.31. The van der Waals surface area contributed by atoms with Crippen molar-refractivity contribution >= 4 is 16.6 Å². The highest BCUT2D eigenvalue weighted by Crippen LogP contribution is 2.16. The molecule has 0 fully saturated rings. The summed E-state index contributed by atoms with van der Waals surface area (Å²) >= 11 is 0. The maximum absolute atomic E-state index is 12.1. The van der Waals surface area contributed by atoms with E-state index >= 15 is 0 Å². The van der Waals surface area contributed by atoms with E-state index in [-0.39, 0.29) is 5.56 Å². The normalized spacial score (nSPS) is 10.5. The van der Waals surface area contributed by atoms with Crippen molar-refractivity contribution in [1.29, 1.82) is 0 Å². The molecule has 0 amide bonds. The maximum atomic E-state index is 12.1. The fraction of sp³-hybridized carbons (Fsp3) is 0. The molecule has 3 rings (SSSR count). The van der Waals surface area contributed by atoms with E-state index in [1.807, 2.05) is 18.2 Å². The van der Waals surface area contributed by atoms with Crippen LogP contribution in [0.4, 0.5) is 5.69 Å². The van der Waals surface area contributed by atoms with Gasteiger partial charge in [0.05, 0.1) is 5.52 Å². The number of hydrogen-bond donors (Lipinski definition) is 1. The van der Waals surface area contributed by atoms with Crippen LogP contribution in [0.5, 0.6) is 0 Å². The second-order valence-electron chi connectivity index (χ2n) is 4.21. The molecule has 19 heavy (non-hydrogen) atoms. The molecule has 0 saturated carbocycles. The van der Waals surface area contributed by atoms with Gasteiger partial charge in [0.2, 0.25) is 0 Å². The molecule has 0 aliphatic heterocycles. The largest absolute Gasteiger partial charge is 0.399 e. The average Bonchev–Trinajstić information content (AvgIpc) is 2.57. The van der Waals surface area contributed by atoms with Gasteiger partial charge in [-0.2, -0.15) is 0 Å². The molecule has 0 aliphatic rings. The van der Waals surface area contributed by atoms with Crippen LogP contribution in [-0.4, -0.2) is 9.97 Å². The topological polar surface area (TPSA) is 68.9 Å². The van der Waals surface area contributed by atoms with E-state index in [1.54, 1.807) is 36.5 Å². The molecule has 0 unspecified atom stereocenters. The van der Waals surface area contributed by atoms with Crippen LogP contribution in [-0.2, 0) is 0 Å². The molecule has 2 aromatic carbocycles. The van der Waals surface area contributed by atoms with Crippen molar-refractivity contribution in [3.8, 4) is 11.3 Å². The first-order valence-electron chi connectivity index (χ1n) is 5.86. The average molecular weight is 249 g/mol. The van der Waals surface area contributed by atoms with E-state index < -0.39 is 0 Å². The van der Waals surface area contributed by atoms with Crippen molar-refractivity contribution < 1.29 is 0 Å². The van der Waals surface area contributed by atoms with Gasteiger partial charge in [-0.3, -0.25) is 4.79 Å². The monoisotopic (exact) mass is 249 g/mol. The molecular formula is C15H11N3O. The number of aromatic nitrogens is 2. The highest BCUT2D eigenvalue weighted by atomic mass is 16.1. The summed E-state index contributed by atoms with van der Waals surface area (Å²) in [6.45, 7) is 0. The molecule has 0 atom stereocenters. The molecule has 1 heterocycles. The number of nitrogens with two attached hydrogens (primary N) is 1. The first-order chi connectivity index (χ1) is 9.24. The summed E-state index contributed by atoms with van der Waals surface area (Å²) < 4.78 is 0. The van der Waals surface area contributed by atoms with E-state index in [2.05, 4.69) is 9.97 Å². The lowest BCUT2D eigenvalue weighted by atomic mass is 10.1. The van der Waals surface area contributed by atoms with Gasteiger partial charge in [0, 0.05) is 22.8 Å². The Hall–Kier alpha value is -2.75. The number of anilines is 1. The predicted molar refractivity (Wildman–Crippen MR) is 75.7 cm³/mol. The third kappa shape index (κ3) is 2.15. The van der Waals surface area contributed by atoms with Crippen LogP contribution in [0.3, 0.4) is 0 Å². The number of para-hydroxylation sites is 1. The Labute approximate surface area is 109 Å². The van der Waals surface area contributed by atoms with Crippen molar-refractivity contribution in [2.75, 3.05) is 5.73 Å². The number of fused-ring (bicyclic) bond motifs is 1. The molecule has 3 aromatic rings. The number of nitrogens with zero attached hydrogens (tertiary/aromatic N) is 2. The SMILES string of the molecule is Nc1cccc(-c2ncc3ccccc3nc2=O)c1. The standard InChI is InChI=1S/C15H11N3O/c16-12-6-3-5-10(8-12)14-15(19)18-13-7-2-1-4-11(13)9-17-14/h1-9H,16H2. The van der Waals surface area contributed by atoms with Crippen LogP contribution >= 0.6 is 0 Å². The molecule has 0 spiro atoms. The minimum Gasteiger partial charge on any atom is -0.399 e. The van der Waals surface area contributed by atoms with Crippen LogP contribution in [0.25, 0.3) is 22.2 Å². The molecule has 1 aromatic heterocycles. The smallest absolute Gasteiger partial charge is 0.296 e. The third-order valence-electron chi connectivity index (χ3n) is 2.85.